The molecule has 1 fully saturated rings. The summed E-state index contributed by atoms with van der Waals surface area (Å²) in [5.74, 6) is 1.41. The Morgan fingerprint density at radius 2 is 2.28 bits per heavy atom. The number of carbonyl (C=O) groups is 1. The zero-order valence-corrected chi connectivity index (χ0v) is 11.6. The van der Waals surface area contributed by atoms with Crippen molar-refractivity contribution in [2.75, 3.05) is 24.1 Å². The molecule has 4 N–H and O–H groups in total. The number of hydrogen-bond donors (Lipinski definition) is 3. The summed E-state index contributed by atoms with van der Waals surface area (Å²) in [5.41, 5.74) is 5.77. The molecular weight excluding hydrogens is 248 g/mol. The molecule has 1 aromatic rings. The number of rotatable bonds is 6. The first-order chi connectivity index (χ1) is 8.56. The maximum Gasteiger partial charge on any atom is 0.265 e. The highest BCUT2D eigenvalue weighted by Gasteiger charge is 2.23. The van der Waals surface area contributed by atoms with Crippen molar-refractivity contribution in [2.24, 2.45) is 11.8 Å². The first-order valence-electron chi connectivity index (χ1n) is 6.34. The van der Waals surface area contributed by atoms with Crippen molar-refractivity contribution >= 4 is 28.2 Å². The summed E-state index contributed by atoms with van der Waals surface area (Å²) >= 11 is 1.32. The number of nitrogens with two attached hydrogens (primary N) is 1. The third-order valence-electron chi connectivity index (χ3n) is 2.77. The molecule has 1 heterocycles. The van der Waals surface area contributed by atoms with Gasteiger partial charge < -0.3 is 16.4 Å². The topological polar surface area (TPSA) is 80.0 Å². The van der Waals surface area contributed by atoms with E-state index in [0.29, 0.717) is 22.5 Å². The summed E-state index contributed by atoms with van der Waals surface area (Å²) in [5, 5.41) is 6.81. The van der Waals surface area contributed by atoms with E-state index in [1.54, 1.807) is 0 Å². The number of thiazole rings is 1. The second kappa shape index (κ2) is 5.56. The molecule has 0 bridgehead atoms. The fraction of sp³-hybridized carbons (Fsp3) is 0.667. The van der Waals surface area contributed by atoms with Crippen molar-refractivity contribution in [3.05, 3.63) is 4.88 Å². The zero-order chi connectivity index (χ0) is 13.1. The lowest BCUT2D eigenvalue weighted by Gasteiger charge is -2.04. The molecule has 0 aliphatic heterocycles. The van der Waals surface area contributed by atoms with Gasteiger partial charge in [0.2, 0.25) is 0 Å². The number of hydrogen-bond acceptors (Lipinski definition) is 5. The molecule has 0 spiro atoms. The second-order valence-electron chi connectivity index (χ2n) is 5.16. The van der Waals surface area contributed by atoms with Gasteiger partial charge in [-0.25, -0.2) is 4.98 Å². The van der Waals surface area contributed by atoms with Crippen molar-refractivity contribution in [1.82, 2.24) is 10.3 Å². The molecule has 1 saturated carbocycles. The lowest BCUT2D eigenvalue weighted by atomic mass is 10.2. The van der Waals surface area contributed by atoms with E-state index in [9.17, 15) is 4.79 Å². The van der Waals surface area contributed by atoms with Crippen LogP contribution in [0.15, 0.2) is 0 Å². The van der Waals surface area contributed by atoms with E-state index in [-0.39, 0.29) is 5.91 Å². The number of anilines is 2. The molecule has 6 heteroatoms. The van der Waals surface area contributed by atoms with Gasteiger partial charge >= 0.3 is 0 Å². The van der Waals surface area contributed by atoms with Gasteiger partial charge in [-0.3, -0.25) is 4.79 Å². The molecule has 0 unspecified atom stereocenters. The minimum atomic E-state index is -0.102. The quantitative estimate of drug-likeness (QED) is 0.736. The van der Waals surface area contributed by atoms with Crippen LogP contribution in [0.2, 0.25) is 0 Å². The number of amides is 1. The van der Waals surface area contributed by atoms with Gasteiger partial charge in [0, 0.05) is 13.1 Å². The summed E-state index contributed by atoms with van der Waals surface area (Å²) < 4.78 is 0. The summed E-state index contributed by atoms with van der Waals surface area (Å²) in [6.07, 6.45) is 2.44. The SMILES string of the molecule is CC(C)CNc1nc(N)c(C(=O)NCC2CC2)s1. The second-order valence-corrected chi connectivity index (χ2v) is 6.16. The van der Waals surface area contributed by atoms with Crippen LogP contribution in [-0.2, 0) is 0 Å². The van der Waals surface area contributed by atoms with E-state index in [0.717, 1.165) is 18.2 Å². The molecule has 5 nitrogen and oxygen atoms in total. The van der Waals surface area contributed by atoms with E-state index in [4.69, 9.17) is 5.73 Å². The first-order valence-corrected chi connectivity index (χ1v) is 7.16. The van der Waals surface area contributed by atoms with Gasteiger partial charge in [0.1, 0.15) is 10.7 Å². The molecule has 0 radical (unpaired) electrons. The van der Waals surface area contributed by atoms with E-state index in [2.05, 4.69) is 29.5 Å². The smallest absolute Gasteiger partial charge is 0.265 e. The van der Waals surface area contributed by atoms with Crippen LogP contribution in [0.3, 0.4) is 0 Å². The van der Waals surface area contributed by atoms with Gasteiger partial charge in [-0.15, -0.1) is 0 Å². The molecule has 1 amide bonds. The van der Waals surface area contributed by atoms with Crippen molar-refractivity contribution in [3.8, 4) is 0 Å². The molecule has 1 aliphatic rings. The van der Waals surface area contributed by atoms with Gasteiger partial charge in [-0.05, 0) is 24.7 Å². The summed E-state index contributed by atoms with van der Waals surface area (Å²) in [7, 11) is 0. The Hall–Kier alpha value is -1.30. The molecule has 1 aliphatic carbocycles. The van der Waals surface area contributed by atoms with Gasteiger partial charge in [0.15, 0.2) is 5.13 Å². The van der Waals surface area contributed by atoms with Crippen LogP contribution in [0, 0.1) is 11.8 Å². The maximum absolute atomic E-state index is 11.9. The van der Waals surface area contributed by atoms with Crippen LogP contribution in [0.5, 0.6) is 0 Å². The fourth-order valence-electron chi connectivity index (χ4n) is 1.50. The van der Waals surface area contributed by atoms with Crippen LogP contribution in [0.1, 0.15) is 36.4 Å². The lowest BCUT2D eigenvalue weighted by Crippen LogP contribution is -2.25. The molecule has 0 atom stereocenters. The first kappa shape index (κ1) is 13.1. The van der Waals surface area contributed by atoms with Crippen LogP contribution in [-0.4, -0.2) is 24.0 Å². The molecule has 2 rings (SSSR count). The highest BCUT2D eigenvalue weighted by molar-refractivity contribution is 7.18. The van der Waals surface area contributed by atoms with Gasteiger partial charge in [-0.1, -0.05) is 25.2 Å². The van der Waals surface area contributed by atoms with E-state index in [1.807, 2.05) is 0 Å². The number of nitrogens with one attached hydrogen (secondary N) is 2. The molecule has 0 saturated heterocycles. The Morgan fingerprint density at radius 1 is 1.56 bits per heavy atom. The van der Waals surface area contributed by atoms with E-state index >= 15 is 0 Å². The predicted octanol–water partition coefficient (Wildman–Crippen LogP) is 1.93. The van der Waals surface area contributed by atoms with Crippen LogP contribution in [0.4, 0.5) is 10.9 Å². The average molecular weight is 268 g/mol. The molecule has 0 aromatic carbocycles. The van der Waals surface area contributed by atoms with E-state index in [1.165, 1.54) is 24.2 Å². The highest BCUT2D eigenvalue weighted by Crippen LogP contribution is 2.28. The number of nitrogens with zero attached hydrogens (tertiary/aromatic N) is 1. The molecule has 18 heavy (non-hydrogen) atoms. The number of nitrogen functional groups attached to an aromatic ring is 1. The minimum absolute atomic E-state index is 0.102. The monoisotopic (exact) mass is 268 g/mol. The number of aromatic nitrogens is 1. The Balaban J connectivity index is 1.92. The van der Waals surface area contributed by atoms with Gasteiger partial charge in [-0.2, -0.15) is 0 Å². The normalized spacial score (nSPS) is 14.8. The summed E-state index contributed by atoms with van der Waals surface area (Å²) in [4.78, 5) is 16.6. The van der Waals surface area contributed by atoms with Crippen LogP contribution in [0.25, 0.3) is 0 Å². The van der Waals surface area contributed by atoms with Crippen molar-refractivity contribution < 1.29 is 4.79 Å². The standard InChI is InChI=1S/C12H20N4OS/c1-7(2)5-15-12-16-10(13)9(18-12)11(17)14-6-8-3-4-8/h7-8H,3-6,13H2,1-2H3,(H,14,17)(H,15,16). The lowest BCUT2D eigenvalue weighted by molar-refractivity contribution is 0.0956. The summed E-state index contributed by atoms with van der Waals surface area (Å²) in [6.45, 7) is 5.82. The maximum atomic E-state index is 11.9. The zero-order valence-electron chi connectivity index (χ0n) is 10.8. The van der Waals surface area contributed by atoms with Crippen molar-refractivity contribution in [3.63, 3.8) is 0 Å². The largest absolute Gasteiger partial charge is 0.382 e. The van der Waals surface area contributed by atoms with Crippen molar-refractivity contribution in [1.29, 1.82) is 0 Å². The Labute approximate surface area is 111 Å². The third-order valence-corrected chi connectivity index (χ3v) is 3.80. The third kappa shape index (κ3) is 3.60. The van der Waals surface area contributed by atoms with Gasteiger partial charge in [0.25, 0.3) is 5.91 Å². The Morgan fingerprint density at radius 3 is 2.89 bits per heavy atom. The molecule has 1 aromatic heterocycles. The van der Waals surface area contributed by atoms with Crippen LogP contribution >= 0.6 is 11.3 Å². The Bertz CT molecular complexity index is 426. The summed E-state index contributed by atoms with van der Waals surface area (Å²) in [6, 6.07) is 0. The van der Waals surface area contributed by atoms with Gasteiger partial charge in [0.05, 0.1) is 0 Å². The highest BCUT2D eigenvalue weighted by atomic mass is 32.1. The molecule has 100 valence electrons. The Kier molecular flexibility index (Phi) is 4.06. The fourth-order valence-corrected chi connectivity index (χ4v) is 2.31. The van der Waals surface area contributed by atoms with E-state index < -0.39 is 0 Å². The molecular formula is C12H20N4OS. The minimum Gasteiger partial charge on any atom is -0.382 e. The predicted molar refractivity (Wildman–Crippen MR) is 74.9 cm³/mol. The number of carbonyl (C=O) groups excluding carboxylic acids is 1. The average Bonchev–Trinajstić information content (AvgIpc) is 3.06. The van der Waals surface area contributed by atoms with Crippen LogP contribution < -0.4 is 16.4 Å². The van der Waals surface area contributed by atoms with Crippen molar-refractivity contribution in [2.45, 2.75) is 26.7 Å².